The van der Waals surface area contributed by atoms with Gasteiger partial charge in [-0.3, -0.25) is 0 Å². The molecule has 0 atom stereocenters. The molecule has 0 saturated heterocycles. The third-order valence-electron chi connectivity index (χ3n) is 7.96. The smallest absolute Gasteiger partial charge is 0.508 e. The molecule has 3 aromatic rings. The van der Waals surface area contributed by atoms with E-state index >= 15 is 8.63 Å². The first-order chi connectivity index (χ1) is 17.0. The van der Waals surface area contributed by atoms with Gasteiger partial charge in [-0.05, 0) is 79.8 Å². The Balaban J connectivity index is 1.83. The van der Waals surface area contributed by atoms with Crippen molar-refractivity contribution in [1.82, 2.24) is 4.48 Å². The van der Waals surface area contributed by atoms with Gasteiger partial charge in [-0.1, -0.05) is 38.1 Å². The van der Waals surface area contributed by atoms with Crippen LogP contribution in [0.2, 0.25) is 0 Å². The molecule has 0 amide bonds. The number of allylic oxidation sites excluding steroid dienone is 2. The minimum absolute atomic E-state index is 0.0602. The highest BCUT2D eigenvalue weighted by Gasteiger charge is 2.56. The molecule has 2 aromatic carbocycles. The molecule has 4 nitrogen and oxygen atoms in total. The average molecular weight is 488 g/mol. The number of phenols is 2. The molecule has 36 heavy (non-hydrogen) atoms. The van der Waals surface area contributed by atoms with Gasteiger partial charge in [-0.2, -0.15) is 0 Å². The number of rotatable bonds is 4. The van der Waals surface area contributed by atoms with Crippen molar-refractivity contribution in [2.75, 3.05) is 0 Å². The molecule has 0 fully saturated rings. The van der Waals surface area contributed by atoms with E-state index in [9.17, 15) is 10.2 Å². The zero-order valence-electron chi connectivity index (χ0n) is 21.6. The largest absolute Gasteiger partial charge is 0.737 e. The SMILES string of the molecule is CCC1=C(C)C2=C(c3ccc(-c4cc(O)ccc4O)cc3)c3c(C)c(CC)c(C)n3[B-](F)(F)[N+]2=C1C. The number of nitrogens with zero attached hydrogens (tertiary/aromatic N) is 2. The second-order valence-corrected chi connectivity index (χ2v) is 9.76. The molecule has 186 valence electrons. The number of phenolic OH excluding ortho intramolecular Hbond substituents is 2. The lowest BCUT2D eigenvalue weighted by Crippen LogP contribution is -2.51. The van der Waals surface area contributed by atoms with E-state index in [2.05, 4.69) is 0 Å². The zero-order valence-corrected chi connectivity index (χ0v) is 21.6. The molecule has 2 N–H and O–H groups in total. The summed E-state index contributed by atoms with van der Waals surface area (Å²) in [5.74, 6) is 0.124. The molecule has 5 rings (SSSR count). The lowest BCUT2D eigenvalue weighted by Gasteiger charge is -2.34. The van der Waals surface area contributed by atoms with Crippen LogP contribution in [0.25, 0.3) is 16.7 Å². The Labute approximate surface area is 210 Å². The summed E-state index contributed by atoms with van der Waals surface area (Å²) in [5, 5.41) is 20.2. The van der Waals surface area contributed by atoms with Gasteiger partial charge in [0.05, 0.1) is 5.57 Å². The van der Waals surface area contributed by atoms with Crippen LogP contribution in [0.3, 0.4) is 0 Å². The normalized spacial score (nSPS) is 16.7. The fourth-order valence-corrected chi connectivity index (χ4v) is 6.32. The van der Waals surface area contributed by atoms with Gasteiger partial charge in [-0.25, -0.2) is 0 Å². The number of hydrogen-bond acceptors (Lipinski definition) is 2. The van der Waals surface area contributed by atoms with Crippen LogP contribution < -0.4 is 0 Å². The average Bonchev–Trinajstić information content (AvgIpc) is 3.25. The van der Waals surface area contributed by atoms with E-state index in [4.69, 9.17) is 0 Å². The Hall–Kier alpha value is -3.61. The van der Waals surface area contributed by atoms with Gasteiger partial charge in [0.2, 0.25) is 0 Å². The van der Waals surface area contributed by atoms with Crippen LogP contribution in [0, 0.1) is 13.8 Å². The van der Waals surface area contributed by atoms with Gasteiger partial charge in [0.15, 0.2) is 5.70 Å². The summed E-state index contributed by atoms with van der Waals surface area (Å²) in [6.07, 6.45) is 1.36. The van der Waals surface area contributed by atoms with Crippen LogP contribution in [0.5, 0.6) is 11.5 Å². The molecule has 2 aliphatic rings. The number of fused-ring (bicyclic) bond motifs is 2. The maximum atomic E-state index is 16.4. The van der Waals surface area contributed by atoms with Crippen molar-refractivity contribution in [3.63, 3.8) is 0 Å². The summed E-state index contributed by atoms with van der Waals surface area (Å²) >= 11 is 0. The van der Waals surface area contributed by atoms with Crippen LogP contribution in [-0.4, -0.2) is 31.9 Å². The summed E-state index contributed by atoms with van der Waals surface area (Å²) in [4.78, 5) is 0. The Kier molecular flexibility index (Phi) is 5.51. The number of hydrogen-bond donors (Lipinski definition) is 2. The van der Waals surface area contributed by atoms with Crippen molar-refractivity contribution in [1.29, 1.82) is 0 Å². The van der Waals surface area contributed by atoms with Crippen molar-refractivity contribution < 1.29 is 23.3 Å². The fourth-order valence-electron chi connectivity index (χ4n) is 6.32. The summed E-state index contributed by atoms with van der Waals surface area (Å²) < 4.78 is 35.3. The molecule has 7 heteroatoms. The molecule has 0 bridgehead atoms. The first-order valence-corrected chi connectivity index (χ1v) is 12.5. The second kappa shape index (κ2) is 8.22. The molecule has 3 heterocycles. The minimum atomic E-state index is -4.06. The molecule has 2 aliphatic heterocycles. The van der Waals surface area contributed by atoms with E-state index in [0.717, 1.165) is 39.0 Å². The molecule has 0 spiro atoms. The molecule has 0 unspecified atom stereocenters. The quantitative estimate of drug-likeness (QED) is 0.308. The number of halogens is 2. The Morgan fingerprint density at radius 1 is 0.889 bits per heavy atom. The molecule has 0 radical (unpaired) electrons. The lowest BCUT2D eigenvalue weighted by atomic mass is 9.83. The van der Waals surface area contributed by atoms with E-state index < -0.39 is 6.97 Å². The van der Waals surface area contributed by atoms with E-state index in [-0.39, 0.29) is 11.5 Å². The van der Waals surface area contributed by atoms with Gasteiger partial charge < -0.3 is 27.8 Å². The first kappa shape index (κ1) is 24.1. The van der Waals surface area contributed by atoms with Crippen molar-refractivity contribution in [2.24, 2.45) is 0 Å². The highest BCUT2D eigenvalue weighted by molar-refractivity contribution is 6.58. The summed E-state index contributed by atoms with van der Waals surface area (Å²) in [5.41, 5.74) is 8.97. The lowest BCUT2D eigenvalue weighted by molar-refractivity contribution is -0.363. The predicted molar refractivity (Wildman–Crippen MR) is 142 cm³/mol. The topological polar surface area (TPSA) is 48.4 Å². The summed E-state index contributed by atoms with van der Waals surface area (Å²) in [6, 6.07) is 12.0. The summed E-state index contributed by atoms with van der Waals surface area (Å²) in [6.45, 7) is 7.45. The minimum Gasteiger partial charge on any atom is -0.508 e. The third-order valence-corrected chi connectivity index (χ3v) is 7.96. The number of aromatic nitrogens is 1. The maximum Gasteiger partial charge on any atom is 0.737 e. The van der Waals surface area contributed by atoms with Gasteiger partial charge in [0.1, 0.15) is 17.2 Å². The highest BCUT2D eigenvalue weighted by Crippen LogP contribution is 2.47. The first-order valence-electron chi connectivity index (χ1n) is 12.5. The molecule has 1 aromatic heterocycles. The van der Waals surface area contributed by atoms with Gasteiger partial charge >= 0.3 is 6.97 Å². The van der Waals surface area contributed by atoms with Crippen molar-refractivity contribution in [3.8, 4) is 22.6 Å². The standard InChI is InChI=1S/C29H31BF2N2O2/c1-7-23-16(3)28-27(21-11-9-20(10-12-21)25-15-22(35)13-14-26(25)36)29-17(4)24(8-2)19(6)34(29)30(31,32)33(28)18(23)5/h9-15,35-36H,7-8H2,1-6H3. The van der Waals surface area contributed by atoms with Gasteiger partial charge in [0.25, 0.3) is 0 Å². The van der Waals surface area contributed by atoms with Crippen molar-refractivity contribution in [2.45, 2.75) is 54.4 Å². The van der Waals surface area contributed by atoms with E-state index in [1.165, 1.54) is 27.2 Å². The molecule has 0 saturated carbocycles. The number of benzene rings is 2. The van der Waals surface area contributed by atoms with E-state index in [1.807, 2.05) is 52.0 Å². The van der Waals surface area contributed by atoms with Gasteiger partial charge in [0, 0.05) is 29.3 Å². The highest BCUT2D eigenvalue weighted by atomic mass is 19.2. The molecular weight excluding hydrogens is 457 g/mol. The van der Waals surface area contributed by atoms with Gasteiger partial charge in [-0.15, -0.1) is 0 Å². The predicted octanol–water partition coefficient (Wildman–Crippen LogP) is 6.95. The molecule has 0 aliphatic carbocycles. The van der Waals surface area contributed by atoms with Crippen LogP contribution in [0.1, 0.15) is 62.2 Å². The Morgan fingerprint density at radius 3 is 2.14 bits per heavy atom. The fraction of sp³-hybridized carbons (Fsp3) is 0.276. The van der Waals surface area contributed by atoms with E-state index in [1.54, 1.807) is 13.8 Å². The summed E-state index contributed by atoms with van der Waals surface area (Å²) in [7, 11) is 0. The van der Waals surface area contributed by atoms with Crippen LogP contribution in [0.4, 0.5) is 8.63 Å². The maximum absolute atomic E-state index is 16.4. The van der Waals surface area contributed by atoms with Crippen molar-refractivity contribution in [3.05, 3.63) is 87.4 Å². The zero-order chi connectivity index (χ0) is 26.1. The molecular formula is C29H31BF2N2O2. The van der Waals surface area contributed by atoms with Crippen LogP contribution in [0.15, 0.2) is 59.3 Å². The van der Waals surface area contributed by atoms with Crippen molar-refractivity contribution >= 4 is 18.3 Å². The second-order valence-electron chi connectivity index (χ2n) is 9.76. The van der Waals surface area contributed by atoms with Crippen LogP contribution in [-0.2, 0) is 6.42 Å². The monoisotopic (exact) mass is 488 g/mol. The van der Waals surface area contributed by atoms with E-state index in [0.29, 0.717) is 41.2 Å². The third kappa shape index (κ3) is 3.14. The Morgan fingerprint density at radius 2 is 1.53 bits per heavy atom. The van der Waals surface area contributed by atoms with Crippen LogP contribution >= 0.6 is 0 Å². The Bertz CT molecular complexity index is 1530. The number of aromatic hydroxyl groups is 2.